The van der Waals surface area contributed by atoms with Crippen molar-refractivity contribution in [3.63, 3.8) is 0 Å². The van der Waals surface area contributed by atoms with Gasteiger partial charge < -0.3 is 25.1 Å². The number of hydrogen-bond acceptors (Lipinski definition) is 5. The molecule has 1 unspecified atom stereocenters. The number of benzene rings is 2. The van der Waals surface area contributed by atoms with Crippen molar-refractivity contribution in [1.29, 1.82) is 0 Å². The summed E-state index contributed by atoms with van der Waals surface area (Å²) in [4.78, 5) is 11.7. The molecule has 0 aromatic heterocycles. The minimum absolute atomic E-state index is 0.290. The standard InChI is InChI=1S/C19H23NO5/c1-4-25-18-16(23-2)10-12(11-17(18)24-3)9-15(19(21)22)13-5-7-14(20)8-6-13/h5-8,10-11,15H,4,9,20H2,1-3H3,(H,21,22). The van der Waals surface area contributed by atoms with Gasteiger partial charge in [-0.2, -0.15) is 0 Å². The third-order valence-electron chi connectivity index (χ3n) is 3.89. The number of nitrogen functional groups attached to an aromatic ring is 1. The zero-order chi connectivity index (χ0) is 18.4. The molecule has 25 heavy (non-hydrogen) atoms. The smallest absolute Gasteiger partial charge is 0.311 e. The lowest BCUT2D eigenvalue weighted by Gasteiger charge is -2.18. The number of rotatable bonds is 8. The van der Waals surface area contributed by atoms with Crippen LogP contribution in [0.4, 0.5) is 5.69 Å². The van der Waals surface area contributed by atoms with Crippen LogP contribution in [-0.2, 0) is 11.2 Å². The van der Waals surface area contributed by atoms with Crippen molar-refractivity contribution in [2.75, 3.05) is 26.6 Å². The van der Waals surface area contributed by atoms with Crippen LogP contribution >= 0.6 is 0 Å². The Kier molecular flexibility index (Phi) is 6.11. The van der Waals surface area contributed by atoms with Crippen LogP contribution in [0, 0.1) is 0 Å². The van der Waals surface area contributed by atoms with Gasteiger partial charge in [0.1, 0.15) is 0 Å². The van der Waals surface area contributed by atoms with E-state index in [1.165, 1.54) is 14.2 Å². The van der Waals surface area contributed by atoms with Crippen LogP contribution in [0.3, 0.4) is 0 Å². The van der Waals surface area contributed by atoms with Crippen LogP contribution < -0.4 is 19.9 Å². The van der Waals surface area contributed by atoms with E-state index >= 15 is 0 Å². The number of nitrogens with two attached hydrogens (primary N) is 1. The lowest BCUT2D eigenvalue weighted by Crippen LogP contribution is -2.14. The van der Waals surface area contributed by atoms with Crippen molar-refractivity contribution >= 4 is 11.7 Å². The number of carboxylic acids is 1. The monoisotopic (exact) mass is 345 g/mol. The zero-order valence-electron chi connectivity index (χ0n) is 14.6. The van der Waals surface area contributed by atoms with Gasteiger partial charge in [0.15, 0.2) is 11.5 Å². The Balaban J connectivity index is 2.39. The average Bonchev–Trinajstić information content (AvgIpc) is 2.61. The molecule has 0 saturated carbocycles. The largest absolute Gasteiger partial charge is 0.493 e. The second-order valence-electron chi connectivity index (χ2n) is 5.52. The molecule has 0 aliphatic heterocycles. The van der Waals surface area contributed by atoms with Gasteiger partial charge in [-0.05, 0) is 48.7 Å². The first-order chi connectivity index (χ1) is 12.0. The molecule has 0 fully saturated rings. The molecule has 0 saturated heterocycles. The maximum atomic E-state index is 11.7. The molecule has 1 atom stereocenters. The molecule has 0 amide bonds. The summed E-state index contributed by atoms with van der Waals surface area (Å²) in [6.45, 7) is 2.34. The number of carbonyl (C=O) groups is 1. The molecule has 0 spiro atoms. The highest BCUT2D eigenvalue weighted by Crippen LogP contribution is 2.39. The van der Waals surface area contributed by atoms with E-state index in [1.807, 2.05) is 6.92 Å². The third kappa shape index (κ3) is 4.35. The number of aliphatic carboxylic acids is 1. The Bertz CT molecular complexity index is 702. The Morgan fingerprint density at radius 1 is 1.12 bits per heavy atom. The van der Waals surface area contributed by atoms with Crippen molar-refractivity contribution in [1.82, 2.24) is 0 Å². The van der Waals surface area contributed by atoms with E-state index in [4.69, 9.17) is 19.9 Å². The molecule has 2 aromatic carbocycles. The highest BCUT2D eigenvalue weighted by Gasteiger charge is 2.22. The summed E-state index contributed by atoms with van der Waals surface area (Å²) in [7, 11) is 3.07. The summed E-state index contributed by atoms with van der Waals surface area (Å²) in [5.74, 6) is -0.0737. The fraction of sp³-hybridized carbons (Fsp3) is 0.316. The fourth-order valence-electron chi connectivity index (χ4n) is 2.65. The lowest BCUT2D eigenvalue weighted by molar-refractivity contribution is -0.138. The fourth-order valence-corrected chi connectivity index (χ4v) is 2.65. The van der Waals surface area contributed by atoms with E-state index in [1.54, 1.807) is 36.4 Å². The minimum atomic E-state index is -0.906. The Labute approximate surface area is 147 Å². The van der Waals surface area contributed by atoms with E-state index in [0.29, 0.717) is 41.5 Å². The molecule has 3 N–H and O–H groups in total. The summed E-state index contributed by atoms with van der Waals surface area (Å²) in [6.07, 6.45) is 0.290. The Morgan fingerprint density at radius 3 is 2.12 bits per heavy atom. The van der Waals surface area contributed by atoms with Gasteiger partial charge in [-0.15, -0.1) is 0 Å². The summed E-state index contributed by atoms with van der Waals surface area (Å²) >= 11 is 0. The van der Waals surface area contributed by atoms with Gasteiger partial charge in [0.05, 0.1) is 26.7 Å². The van der Waals surface area contributed by atoms with Crippen LogP contribution in [0.5, 0.6) is 17.2 Å². The summed E-state index contributed by atoms with van der Waals surface area (Å²) < 4.78 is 16.3. The molecule has 0 bridgehead atoms. The molecule has 2 aromatic rings. The second-order valence-corrected chi connectivity index (χ2v) is 5.52. The van der Waals surface area contributed by atoms with Crippen molar-refractivity contribution in [2.24, 2.45) is 0 Å². The van der Waals surface area contributed by atoms with E-state index in [9.17, 15) is 9.90 Å². The van der Waals surface area contributed by atoms with Gasteiger partial charge in [-0.25, -0.2) is 0 Å². The molecule has 0 aliphatic carbocycles. The Hall–Kier alpha value is -2.89. The van der Waals surface area contributed by atoms with Crippen LogP contribution in [0.2, 0.25) is 0 Å². The number of ether oxygens (including phenoxy) is 3. The molecule has 0 aliphatic rings. The first-order valence-electron chi connectivity index (χ1n) is 7.96. The van der Waals surface area contributed by atoms with E-state index in [-0.39, 0.29) is 0 Å². The van der Waals surface area contributed by atoms with Crippen LogP contribution in [0.15, 0.2) is 36.4 Å². The quantitative estimate of drug-likeness (QED) is 0.715. The summed E-state index contributed by atoms with van der Waals surface area (Å²) in [5, 5.41) is 9.63. The maximum Gasteiger partial charge on any atom is 0.311 e. The van der Waals surface area contributed by atoms with Crippen LogP contribution in [-0.4, -0.2) is 31.9 Å². The van der Waals surface area contributed by atoms with Crippen molar-refractivity contribution < 1.29 is 24.1 Å². The predicted octanol–water partition coefficient (Wildman–Crippen LogP) is 3.10. The average molecular weight is 345 g/mol. The van der Waals surface area contributed by atoms with Gasteiger partial charge in [0, 0.05) is 5.69 Å². The highest BCUT2D eigenvalue weighted by molar-refractivity contribution is 5.77. The summed E-state index contributed by atoms with van der Waals surface area (Å²) in [6, 6.07) is 10.4. The molecular formula is C19H23NO5. The zero-order valence-corrected chi connectivity index (χ0v) is 14.6. The van der Waals surface area contributed by atoms with E-state index in [2.05, 4.69) is 0 Å². The van der Waals surface area contributed by atoms with Crippen LogP contribution in [0.25, 0.3) is 0 Å². The Morgan fingerprint density at radius 2 is 1.68 bits per heavy atom. The van der Waals surface area contributed by atoms with Crippen molar-refractivity contribution in [3.05, 3.63) is 47.5 Å². The summed E-state index contributed by atoms with van der Waals surface area (Å²) in [5.41, 5.74) is 7.74. The second kappa shape index (κ2) is 8.28. The highest BCUT2D eigenvalue weighted by atomic mass is 16.5. The molecular weight excluding hydrogens is 322 g/mol. The molecule has 134 valence electrons. The van der Waals surface area contributed by atoms with E-state index < -0.39 is 11.9 Å². The van der Waals surface area contributed by atoms with Crippen molar-refractivity contribution in [3.8, 4) is 17.2 Å². The SMILES string of the molecule is CCOc1c(OC)cc(CC(C(=O)O)c2ccc(N)cc2)cc1OC. The predicted molar refractivity (Wildman–Crippen MR) is 95.7 cm³/mol. The van der Waals surface area contributed by atoms with Gasteiger partial charge >= 0.3 is 5.97 Å². The first kappa shape index (κ1) is 18.4. The third-order valence-corrected chi connectivity index (χ3v) is 3.89. The molecule has 0 radical (unpaired) electrons. The number of hydrogen-bond donors (Lipinski definition) is 2. The van der Waals surface area contributed by atoms with Crippen LogP contribution in [0.1, 0.15) is 24.0 Å². The van der Waals surface area contributed by atoms with E-state index in [0.717, 1.165) is 5.56 Å². The number of methoxy groups -OCH3 is 2. The maximum absolute atomic E-state index is 11.7. The molecule has 6 heteroatoms. The normalized spacial score (nSPS) is 11.6. The molecule has 6 nitrogen and oxygen atoms in total. The van der Waals surface area contributed by atoms with Gasteiger partial charge in [0.2, 0.25) is 5.75 Å². The number of carboxylic acid groups (broad SMARTS) is 1. The van der Waals surface area contributed by atoms with Gasteiger partial charge in [-0.1, -0.05) is 12.1 Å². The van der Waals surface area contributed by atoms with Gasteiger partial charge in [-0.3, -0.25) is 4.79 Å². The molecule has 0 heterocycles. The molecule has 2 rings (SSSR count). The lowest BCUT2D eigenvalue weighted by atomic mass is 9.91. The number of anilines is 1. The topological polar surface area (TPSA) is 91.0 Å². The first-order valence-corrected chi connectivity index (χ1v) is 7.96. The minimum Gasteiger partial charge on any atom is -0.493 e. The van der Waals surface area contributed by atoms with Crippen molar-refractivity contribution in [2.45, 2.75) is 19.3 Å². The van der Waals surface area contributed by atoms with Gasteiger partial charge in [0.25, 0.3) is 0 Å².